The van der Waals surface area contributed by atoms with Crippen molar-refractivity contribution in [3.8, 4) is 0 Å². The second-order valence-electron chi connectivity index (χ2n) is 6.93. The highest BCUT2D eigenvalue weighted by atomic mass is 35.5. The number of nitrogens with zero attached hydrogens (tertiary/aromatic N) is 2. The van der Waals surface area contributed by atoms with Crippen molar-refractivity contribution in [1.29, 1.82) is 0 Å². The predicted molar refractivity (Wildman–Crippen MR) is 111 cm³/mol. The lowest BCUT2D eigenvalue weighted by atomic mass is 9.99. The van der Waals surface area contributed by atoms with Gasteiger partial charge in [0.1, 0.15) is 0 Å². The number of anilines is 1. The maximum absolute atomic E-state index is 2.61. The molecule has 1 fully saturated rings. The summed E-state index contributed by atoms with van der Waals surface area (Å²) in [5.74, 6) is 0. The number of piperazine rings is 1. The van der Waals surface area contributed by atoms with E-state index in [2.05, 4.69) is 72.2 Å². The molecule has 0 aliphatic carbocycles. The quantitative estimate of drug-likeness (QED) is 0.736. The van der Waals surface area contributed by atoms with Crippen molar-refractivity contribution in [3.05, 3.63) is 65.2 Å². The fourth-order valence-corrected chi connectivity index (χ4v) is 3.57. The van der Waals surface area contributed by atoms with E-state index in [0.29, 0.717) is 0 Å². The molecule has 0 unspecified atom stereocenters. The van der Waals surface area contributed by atoms with Gasteiger partial charge in [-0.2, -0.15) is 0 Å². The molecule has 1 heterocycles. The lowest BCUT2D eigenvalue weighted by Gasteiger charge is -2.36. The van der Waals surface area contributed by atoms with Crippen LogP contribution in [0.5, 0.6) is 0 Å². The molecule has 3 heteroatoms. The maximum Gasteiger partial charge on any atom is 0.0367 e. The monoisotopic (exact) mass is 358 g/mol. The summed E-state index contributed by atoms with van der Waals surface area (Å²) in [4.78, 5) is 5.11. The molecule has 2 aromatic carbocycles. The average molecular weight is 359 g/mol. The van der Waals surface area contributed by atoms with Crippen molar-refractivity contribution in [3.63, 3.8) is 0 Å². The van der Waals surface area contributed by atoms with Crippen LogP contribution in [0.3, 0.4) is 0 Å². The van der Waals surface area contributed by atoms with E-state index in [1.807, 2.05) is 0 Å². The van der Waals surface area contributed by atoms with Gasteiger partial charge in [-0.05, 0) is 48.6 Å². The second kappa shape index (κ2) is 9.84. The standard InChI is InChI=1S/C22H30N2.ClH/c1-3-7-21-18-20(11-10-19(21)2)12-13-23-14-16-24(17-15-23)22-8-5-4-6-9-22;/h4-6,8-11,18H,3,7,12-17H2,1-2H3;1H. The Labute approximate surface area is 159 Å². The third kappa shape index (κ3) is 5.49. The van der Waals surface area contributed by atoms with Crippen molar-refractivity contribution in [2.45, 2.75) is 33.1 Å². The molecule has 0 atom stereocenters. The minimum absolute atomic E-state index is 0. The highest BCUT2D eigenvalue weighted by Crippen LogP contribution is 2.17. The lowest BCUT2D eigenvalue weighted by molar-refractivity contribution is 0.261. The SMILES string of the molecule is CCCc1cc(CCN2CCN(c3ccccc3)CC2)ccc1C.Cl. The van der Waals surface area contributed by atoms with E-state index in [0.717, 1.165) is 13.1 Å². The van der Waals surface area contributed by atoms with Gasteiger partial charge in [0.15, 0.2) is 0 Å². The van der Waals surface area contributed by atoms with Crippen molar-refractivity contribution in [2.75, 3.05) is 37.6 Å². The van der Waals surface area contributed by atoms with Crippen molar-refractivity contribution >= 4 is 18.1 Å². The smallest absolute Gasteiger partial charge is 0.0367 e. The molecule has 2 aromatic rings. The van der Waals surface area contributed by atoms with Gasteiger partial charge in [-0.3, -0.25) is 4.90 Å². The van der Waals surface area contributed by atoms with E-state index in [9.17, 15) is 0 Å². The molecule has 0 saturated carbocycles. The Morgan fingerprint density at radius 1 is 0.880 bits per heavy atom. The highest BCUT2D eigenvalue weighted by molar-refractivity contribution is 5.85. The van der Waals surface area contributed by atoms with Crippen LogP contribution in [0.25, 0.3) is 0 Å². The zero-order chi connectivity index (χ0) is 16.8. The van der Waals surface area contributed by atoms with Crippen molar-refractivity contribution in [1.82, 2.24) is 4.90 Å². The number of hydrogen-bond acceptors (Lipinski definition) is 2. The van der Waals surface area contributed by atoms with Gasteiger partial charge < -0.3 is 4.90 Å². The number of aryl methyl sites for hydroxylation is 2. The average Bonchev–Trinajstić information content (AvgIpc) is 2.64. The number of rotatable bonds is 6. The van der Waals surface area contributed by atoms with Crippen LogP contribution in [0.4, 0.5) is 5.69 Å². The van der Waals surface area contributed by atoms with Crippen LogP contribution in [0.15, 0.2) is 48.5 Å². The number of halogens is 1. The van der Waals surface area contributed by atoms with Gasteiger partial charge in [-0.1, -0.05) is 49.7 Å². The van der Waals surface area contributed by atoms with Crippen LogP contribution in [0.1, 0.15) is 30.0 Å². The topological polar surface area (TPSA) is 6.48 Å². The molecular formula is C22H31ClN2. The first-order valence-corrected chi connectivity index (χ1v) is 9.37. The molecule has 1 aliphatic heterocycles. The van der Waals surface area contributed by atoms with E-state index in [-0.39, 0.29) is 12.4 Å². The maximum atomic E-state index is 2.61. The molecule has 1 saturated heterocycles. The molecule has 0 N–H and O–H groups in total. The molecule has 0 amide bonds. The minimum atomic E-state index is 0. The molecule has 0 radical (unpaired) electrons. The molecule has 0 spiro atoms. The molecular weight excluding hydrogens is 328 g/mol. The summed E-state index contributed by atoms with van der Waals surface area (Å²) >= 11 is 0. The van der Waals surface area contributed by atoms with Gasteiger partial charge in [0, 0.05) is 38.4 Å². The normalized spacial score (nSPS) is 15.0. The highest BCUT2D eigenvalue weighted by Gasteiger charge is 2.16. The first kappa shape index (κ1) is 19.8. The first-order valence-electron chi connectivity index (χ1n) is 9.37. The Morgan fingerprint density at radius 2 is 1.60 bits per heavy atom. The van der Waals surface area contributed by atoms with Crippen LogP contribution in [0, 0.1) is 6.92 Å². The number of para-hydroxylation sites is 1. The molecule has 1 aliphatic rings. The second-order valence-corrected chi connectivity index (χ2v) is 6.93. The van der Waals surface area contributed by atoms with Crippen LogP contribution >= 0.6 is 12.4 Å². The first-order chi connectivity index (χ1) is 11.8. The largest absolute Gasteiger partial charge is 0.369 e. The Bertz CT molecular complexity index is 634. The summed E-state index contributed by atoms with van der Waals surface area (Å²) in [7, 11) is 0. The van der Waals surface area contributed by atoms with E-state index >= 15 is 0 Å². The van der Waals surface area contributed by atoms with E-state index in [1.54, 1.807) is 0 Å². The number of hydrogen-bond donors (Lipinski definition) is 0. The van der Waals surface area contributed by atoms with Crippen molar-refractivity contribution < 1.29 is 0 Å². The third-order valence-electron chi connectivity index (χ3n) is 5.14. The van der Waals surface area contributed by atoms with Crippen molar-refractivity contribution in [2.24, 2.45) is 0 Å². The molecule has 136 valence electrons. The summed E-state index contributed by atoms with van der Waals surface area (Å²) in [5.41, 5.74) is 5.83. The van der Waals surface area contributed by atoms with E-state index in [4.69, 9.17) is 0 Å². The lowest BCUT2D eigenvalue weighted by Crippen LogP contribution is -2.46. The summed E-state index contributed by atoms with van der Waals surface area (Å²) in [6.07, 6.45) is 3.60. The summed E-state index contributed by atoms with van der Waals surface area (Å²) in [6, 6.07) is 17.8. The minimum Gasteiger partial charge on any atom is -0.369 e. The molecule has 2 nitrogen and oxygen atoms in total. The molecule has 25 heavy (non-hydrogen) atoms. The third-order valence-corrected chi connectivity index (χ3v) is 5.14. The fourth-order valence-electron chi connectivity index (χ4n) is 3.57. The van der Waals surface area contributed by atoms with Crippen LogP contribution < -0.4 is 4.90 Å². The van der Waals surface area contributed by atoms with E-state index in [1.165, 1.54) is 61.3 Å². The van der Waals surface area contributed by atoms with Crippen LogP contribution in [-0.4, -0.2) is 37.6 Å². The van der Waals surface area contributed by atoms with Gasteiger partial charge >= 0.3 is 0 Å². The van der Waals surface area contributed by atoms with Crippen LogP contribution in [-0.2, 0) is 12.8 Å². The zero-order valence-electron chi connectivity index (χ0n) is 15.6. The predicted octanol–water partition coefficient (Wildman–Crippen LogP) is 4.73. The molecule has 0 aromatic heterocycles. The van der Waals surface area contributed by atoms with Gasteiger partial charge in [0.25, 0.3) is 0 Å². The summed E-state index contributed by atoms with van der Waals surface area (Å²) in [6.45, 7) is 10.3. The Morgan fingerprint density at radius 3 is 2.28 bits per heavy atom. The van der Waals surface area contributed by atoms with Gasteiger partial charge in [-0.25, -0.2) is 0 Å². The van der Waals surface area contributed by atoms with Gasteiger partial charge in [0.2, 0.25) is 0 Å². The summed E-state index contributed by atoms with van der Waals surface area (Å²) in [5, 5.41) is 0. The van der Waals surface area contributed by atoms with Gasteiger partial charge in [-0.15, -0.1) is 12.4 Å². The van der Waals surface area contributed by atoms with E-state index < -0.39 is 0 Å². The Hall–Kier alpha value is -1.51. The van der Waals surface area contributed by atoms with Crippen LogP contribution in [0.2, 0.25) is 0 Å². The number of benzene rings is 2. The molecule has 0 bridgehead atoms. The zero-order valence-corrected chi connectivity index (χ0v) is 16.4. The Balaban J connectivity index is 0.00000225. The van der Waals surface area contributed by atoms with Gasteiger partial charge in [0.05, 0.1) is 0 Å². The summed E-state index contributed by atoms with van der Waals surface area (Å²) < 4.78 is 0. The Kier molecular flexibility index (Phi) is 7.80. The fraction of sp³-hybridized carbons (Fsp3) is 0.455. The molecule has 3 rings (SSSR count).